The number of ketones is 5. The number of aliphatic hydroxyl groups is 1. The zero-order chi connectivity index (χ0) is 66.9. The van der Waals surface area contributed by atoms with Crippen LogP contribution in [-0.2, 0) is 57.5 Å². The number of hydrogen-bond acceptors (Lipinski definition) is 15. The van der Waals surface area contributed by atoms with Crippen LogP contribution in [0, 0.1) is 59.2 Å². The van der Waals surface area contributed by atoms with E-state index >= 15 is 0 Å². The van der Waals surface area contributed by atoms with Gasteiger partial charge in [-0.3, -0.25) is 52.7 Å². The third kappa shape index (κ3) is 25.0. The highest BCUT2D eigenvalue weighted by Gasteiger charge is 2.43. The molecule has 1 heterocycles. The lowest BCUT2D eigenvalue weighted by molar-refractivity contribution is -0.148. The van der Waals surface area contributed by atoms with Crippen LogP contribution in [0.3, 0.4) is 0 Å². The van der Waals surface area contributed by atoms with Gasteiger partial charge >= 0.3 is 0 Å². The first-order valence-corrected chi connectivity index (χ1v) is 31.9. The van der Waals surface area contributed by atoms with E-state index in [4.69, 9.17) is 9.94 Å². The Hall–Kier alpha value is -5.70. The van der Waals surface area contributed by atoms with Crippen LogP contribution in [0.15, 0.2) is 17.3 Å². The Morgan fingerprint density at radius 1 is 0.598 bits per heavy atom. The maximum Gasteiger partial charge on any atom is 0.245 e. The number of likely N-dealkylation sites (N-methyl/N-ethyl adjacent to an activating group) is 4. The zero-order valence-corrected chi connectivity index (χ0v) is 56.6. The van der Waals surface area contributed by atoms with E-state index in [-0.39, 0.29) is 75.7 Å². The van der Waals surface area contributed by atoms with Gasteiger partial charge in [0.2, 0.25) is 35.4 Å². The fraction of sp³-hybridized carbons (Fsp3) is 0.788. The largest absolute Gasteiger partial charge is 0.411 e. The lowest BCUT2D eigenvalue weighted by Gasteiger charge is -2.36. The lowest BCUT2D eigenvalue weighted by atomic mass is 9.82. The van der Waals surface area contributed by atoms with Gasteiger partial charge in [-0.1, -0.05) is 102 Å². The molecule has 13 atom stereocenters. The van der Waals surface area contributed by atoms with E-state index in [9.17, 15) is 57.8 Å². The fourth-order valence-electron chi connectivity index (χ4n) is 11.8. The van der Waals surface area contributed by atoms with Gasteiger partial charge in [0.25, 0.3) is 0 Å². The van der Waals surface area contributed by atoms with E-state index in [1.807, 2.05) is 54.5 Å². The first-order chi connectivity index (χ1) is 40.5. The monoisotopic (exact) mass is 1230 g/mol. The number of rotatable bonds is 19. The molecule has 6 amide bonds. The van der Waals surface area contributed by atoms with Crippen molar-refractivity contribution in [1.82, 2.24) is 30.2 Å². The molecule has 1 saturated heterocycles. The highest BCUT2D eigenvalue weighted by atomic mass is 16.5. The number of amides is 6. The minimum Gasteiger partial charge on any atom is -0.411 e. The van der Waals surface area contributed by atoms with Crippen molar-refractivity contribution in [3.05, 3.63) is 12.2 Å². The number of hydrogen-bond donors (Lipinski definition) is 4. The first kappa shape index (κ1) is 79.3. The molecule has 0 bridgehead atoms. The standard InChI is InChI=1S/C66H113N7O14/c1-21-23-26-43(13)61(80)49-37-56(77)59(42(11)12)73(20)65(84)47(31-38(3)4)35-55(76)52(33-40(7)8)70(17)64(83)45(15)68-62(81)44(14)34-54(75)51(32-39(5)6)71(18)66(85)48(41(9)10)36-57(78)60(46(16)87-30-25-24-29-67-86)72(19)58(79)28-27-53(74)50(22-2)69-63(49)82/h21,23,29,38-52,59-61,80,86H,22,24-28,30-37H2,1-20H3,(H,68,81)(H,69,82)/b23-21+,67-29+/t43-,44-,45-,46-,47-,48+,49+,50+,51+,52+,59+,60+,61-/m1/s1. The van der Waals surface area contributed by atoms with Gasteiger partial charge in [-0.25, -0.2) is 0 Å². The highest BCUT2D eigenvalue weighted by Crippen LogP contribution is 2.30. The number of allylic oxidation sites excluding steroid dienone is 2. The number of carbonyl (C=O) groups excluding carboxylic acids is 11. The van der Waals surface area contributed by atoms with Crippen molar-refractivity contribution in [2.75, 3.05) is 34.8 Å². The Labute approximate surface area is 520 Å². The number of Topliss-reactive ketones (excluding diaryl/α,β-unsaturated/α-hetero) is 5. The fourth-order valence-corrected chi connectivity index (χ4v) is 11.8. The molecule has 87 heavy (non-hydrogen) atoms. The van der Waals surface area contributed by atoms with E-state index in [1.54, 1.807) is 61.5 Å². The van der Waals surface area contributed by atoms with Crippen molar-refractivity contribution < 1.29 is 67.8 Å². The van der Waals surface area contributed by atoms with Crippen molar-refractivity contribution in [2.45, 2.75) is 243 Å². The van der Waals surface area contributed by atoms with Crippen molar-refractivity contribution in [1.29, 1.82) is 0 Å². The van der Waals surface area contributed by atoms with Crippen LogP contribution in [-0.4, -0.2) is 184 Å². The van der Waals surface area contributed by atoms with Crippen LogP contribution in [0.5, 0.6) is 0 Å². The summed E-state index contributed by atoms with van der Waals surface area (Å²) in [4.78, 5) is 165. The molecule has 1 aliphatic heterocycles. The lowest BCUT2D eigenvalue weighted by Crippen LogP contribution is -2.53. The summed E-state index contributed by atoms with van der Waals surface area (Å²) in [6, 6.07) is -6.74. The van der Waals surface area contributed by atoms with Gasteiger partial charge in [0.1, 0.15) is 12.1 Å². The third-order valence-electron chi connectivity index (χ3n) is 17.0. The second-order valence-corrected chi connectivity index (χ2v) is 26.6. The molecule has 4 N–H and O–H groups in total. The number of nitrogens with zero attached hydrogens (tertiary/aromatic N) is 5. The molecule has 21 nitrogen and oxygen atoms in total. The topological polar surface area (TPSA) is 287 Å². The predicted octanol–water partition coefficient (Wildman–Crippen LogP) is 7.44. The average Bonchev–Trinajstić information content (AvgIpc) is 3.65. The summed E-state index contributed by atoms with van der Waals surface area (Å²) in [5.41, 5.74) is 0. The Morgan fingerprint density at radius 2 is 1.13 bits per heavy atom. The van der Waals surface area contributed by atoms with E-state index < -0.39 is 167 Å². The normalized spacial score (nSPS) is 27.0. The van der Waals surface area contributed by atoms with E-state index in [0.29, 0.717) is 19.3 Å². The maximum absolute atomic E-state index is 14.9. The maximum atomic E-state index is 14.9. The summed E-state index contributed by atoms with van der Waals surface area (Å²) >= 11 is 0. The van der Waals surface area contributed by atoms with E-state index in [0.717, 1.165) is 0 Å². The van der Waals surface area contributed by atoms with Gasteiger partial charge in [0, 0.05) is 97.3 Å². The molecular formula is C66H113N7O14. The Kier molecular flexibility index (Phi) is 35.2. The van der Waals surface area contributed by atoms with Crippen LogP contribution in [0.1, 0.15) is 194 Å². The number of unbranched alkanes of at least 4 members (excludes halogenated alkanes) is 1. The SMILES string of the molecule is C/C=C/C[C@@H](C)[C@@H](O)[C@@H]1CC(=O)[C@H](C(C)C)N(C)C(=O)[C@H](CC(C)C)CC(=O)[C@H](CC(C)C)N(C)C(=O)[C@@H](C)NC(=O)[C@H](C)CC(=O)[C@H](CC(C)C)N(C)C(=O)[C@H](C(C)C)CC(=O)[C@H]([C@@H](C)OCCC/C=N/O)N(C)C(=O)CCC(=O)[C@H](CC)NC1=O. The number of carbonyl (C=O) groups is 11. The quantitative estimate of drug-likeness (QED) is 0.0322. The molecule has 0 aromatic carbocycles. The van der Waals surface area contributed by atoms with Crippen LogP contribution in [0.25, 0.3) is 0 Å². The predicted molar refractivity (Wildman–Crippen MR) is 336 cm³/mol. The van der Waals surface area contributed by atoms with Crippen LogP contribution in [0.4, 0.5) is 0 Å². The van der Waals surface area contributed by atoms with Crippen LogP contribution < -0.4 is 10.6 Å². The van der Waals surface area contributed by atoms with Gasteiger partial charge < -0.3 is 45.3 Å². The Morgan fingerprint density at radius 3 is 1.63 bits per heavy atom. The first-order valence-electron chi connectivity index (χ1n) is 31.9. The molecular weight excluding hydrogens is 1110 g/mol. The van der Waals surface area contributed by atoms with Crippen molar-refractivity contribution in [2.24, 2.45) is 64.3 Å². The third-order valence-corrected chi connectivity index (χ3v) is 17.0. The molecule has 0 aromatic heterocycles. The number of nitrogens with one attached hydrogen (secondary N) is 2. The van der Waals surface area contributed by atoms with E-state index in [2.05, 4.69) is 15.8 Å². The molecule has 0 aromatic rings. The molecule has 21 heteroatoms. The summed E-state index contributed by atoms with van der Waals surface area (Å²) in [7, 11) is 5.85. The average molecular weight is 1230 g/mol. The van der Waals surface area contributed by atoms with Gasteiger partial charge in [-0.15, -0.1) is 5.16 Å². The summed E-state index contributed by atoms with van der Waals surface area (Å²) in [5.74, 6) is -12.1. The van der Waals surface area contributed by atoms with Gasteiger partial charge in [-0.2, -0.15) is 0 Å². The summed E-state index contributed by atoms with van der Waals surface area (Å²) in [6.45, 7) is 28.4. The Bertz CT molecular complexity index is 2350. The molecule has 496 valence electrons. The van der Waals surface area contributed by atoms with Gasteiger partial charge in [-0.05, 0) is 101 Å². The number of ether oxygens (including phenoxy) is 1. The zero-order valence-electron chi connectivity index (χ0n) is 56.6. The minimum atomic E-state index is -1.39. The molecule has 0 unspecified atom stereocenters. The number of oxime groups is 1. The summed E-state index contributed by atoms with van der Waals surface area (Å²) < 4.78 is 6.10. The molecule has 0 spiro atoms. The molecule has 0 aliphatic carbocycles. The minimum absolute atomic E-state index is 0.0754. The summed E-state index contributed by atoms with van der Waals surface area (Å²) in [6.07, 6.45) is 2.19. The summed E-state index contributed by atoms with van der Waals surface area (Å²) in [5, 5.41) is 29.4. The smallest absolute Gasteiger partial charge is 0.245 e. The van der Waals surface area contributed by atoms with Crippen LogP contribution in [0.2, 0.25) is 0 Å². The molecule has 1 rings (SSSR count). The molecule has 0 saturated carbocycles. The highest BCUT2D eigenvalue weighted by molar-refractivity contribution is 5.99. The molecule has 1 aliphatic rings. The Balaban J connectivity index is 4.23. The number of aliphatic hydroxyl groups excluding tert-OH is 1. The van der Waals surface area contributed by atoms with Crippen LogP contribution >= 0.6 is 0 Å². The van der Waals surface area contributed by atoms with Crippen molar-refractivity contribution in [3.63, 3.8) is 0 Å². The molecule has 0 radical (unpaired) electrons. The second-order valence-electron chi connectivity index (χ2n) is 26.6. The molecule has 1 fully saturated rings. The van der Waals surface area contributed by atoms with Gasteiger partial charge in [0.05, 0.1) is 42.3 Å². The van der Waals surface area contributed by atoms with E-state index in [1.165, 1.54) is 60.9 Å². The second kappa shape index (κ2) is 38.7. The van der Waals surface area contributed by atoms with Gasteiger partial charge in [0.15, 0.2) is 28.9 Å². The van der Waals surface area contributed by atoms with Crippen molar-refractivity contribution in [3.8, 4) is 0 Å². The van der Waals surface area contributed by atoms with Crippen molar-refractivity contribution >= 4 is 70.6 Å².